The number of benzene rings is 1. The zero-order valence-corrected chi connectivity index (χ0v) is 8.22. The van der Waals surface area contributed by atoms with Gasteiger partial charge >= 0.3 is 0 Å². The van der Waals surface area contributed by atoms with E-state index in [0.29, 0.717) is 11.8 Å². The third-order valence-electron chi connectivity index (χ3n) is 1.87. The summed E-state index contributed by atoms with van der Waals surface area (Å²) < 4.78 is 13.2. The molecule has 5 nitrogen and oxygen atoms in total. The lowest BCUT2D eigenvalue weighted by atomic mass is 10.1. The molecule has 1 aromatic carbocycles. The first-order valence-corrected chi connectivity index (χ1v) is 4.40. The number of halogens is 1. The number of carbonyl (C=O) groups is 1. The molecule has 0 saturated heterocycles. The number of allylic oxidation sites excluding steroid dienone is 1. The molecule has 0 atom stereocenters. The van der Waals surface area contributed by atoms with E-state index in [4.69, 9.17) is 5.73 Å². The van der Waals surface area contributed by atoms with E-state index in [9.17, 15) is 19.3 Å². The van der Waals surface area contributed by atoms with Gasteiger partial charge in [0, 0.05) is 12.5 Å². The van der Waals surface area contributed by atoms with Gasteiger partial charge in [-0.15, -0.1) is 0 Å². The molecule has 1 aromatic rings. The molecule has 2 N–H and O–H groups in total. The smallest absolute Gasteiger partial charge is 0.295 e. The molecule has 0 radical (unpaired) electrons. The minimum Gasteiger partial charge on any atom is -0.391 e. The van der Waals surface area contributed by atoms with Crippen LogP contribution in [-0.2, 0) is 4.79 Å². The van der Waals surface area contributed by atoms with Crippen LogP contribution in [0.4, 0.5) is 15.8 Å². The van der Waals surface area contributed by atoms with Gasteiger partial charge in [-0.2, -0.15) is 0 Å². The van der Waals surface area contributed by atoms with Crippen molar-refractivity contribution in [3.63, 3.8) is 0 Å². The minimum atomic E-state index is -0.847. The topological polar surface area (TPSA) is 86.2 Å². The molecule has 0 amide bonds. The lowest BCUT2D eigenvalue weighted by Crippen LogP contribution is -1.99. The third-order valence-corrected chi connectivity index (χ3v) is 1.87. The first-order valence-electron chi connectivity index (χ1n) is 4.40. The Hall–Kier alpha value is -2.24. The van der Waals surface area contributed by atoms with Crippen LogP contribution in [0.15, 0.2) is 18.2 Å². The Labute approximate surface area is 90.5 Å². The summed E-state index contributed by atoms with van der Waals surface area (Å²) in [7, 11) is 0. The Balaban J connectivity index is 3.13. The van der Waals surface area contributed by atoms with E-state index in [2.05, 4.69) is 0 Å². The van der Waals surface area contributed by atoms with Crippen LogP contribution in [0.5, 0.6) is 0 Å². The van der Waals surface area contributed by atoms with Crippen molar-refractivity contribution in [3.8, 4) is 0 Å². The molecule has 0 spiro atoms. The molecule has 6 heteroatoms. The maximum absolute atomic E-state index is 13.2. The van der Waals surface area contributed by atoms with Gasteiger partial charge in [0.05, 0.1) is 4.92 Å². The molecule has 0 fully saturated rings. The molecule has 0 aromatic heterocycles. The maximum atomic E-state index is 13.2. The molecule has 0 heterocycles. The summed E-state index contributed by atoms with van der Waals surface area (Å²) >= 11 is 0. The Kier molecular flexibility index (Phi) is 3.71. The zero-order chi connectivity index (χ0) is 12.1. The second kappa shape index (κ2) is 5.01. The highest BCUT2D eigenvalue weighted by atomic mass is 19.1. The maximum Gasteiger partial charge on any atom is 0.295 e. The van der Waals surface area contributed by atoms with E-state index >= 15 is 0 Å². The summed E-state index contributed by atoms with van der Waals surface area (Å²) in [4.78, 5) is 19.8. The van der Waals surface area contributed by atoms with Crippen LogP contribution in [0.25, 0.3) is 6.08 Å². The highest BCUT2D eigenvalue weighted by molar-refractivity contribution is 5.66. The fourth-order valence-corrected chi connectivity index (χ4v) is 1.13. The molecular weight excluding hydrogens is 215 g/mol. The largest absolute Gasteiger partial charge is 0.391 e. The van der Waals surface area contributed by atoms with Gasteiger partial charge in [0.1, 0.15) is 12.0 Å². The van der Waals surface area contributed by atoms with Crippen molar-refractivity contribution in [1.82, 2.24) is 0 Å². The monoisotopic (exact) mass is 224 g/mol. The number of nitrogens with two attached hydrogens (primary N) is 1. The van der Waals surface area contributed by atoms with Gasteiger partial charge in [-0.05, 0) is 11.6 Å². The predicted molar refractivity (Wildman–Crippen MR) is 57.2 cm³/mol. The summed E-state index contributed by atoms with van der Waals surface area (Å²) in [6, 6.07) is 2.23. The number of nitrogens with zero attached hydrogens (tertiary/aromatic N) is 1. The highest BCUT2D eigenvalue weighted by Gasteiger charge is 2.16. The van der Waals surface area contributed by atoms with Crippen LogP contribution in [0.1, 0.15) is 12.0 Å². The van der Waals surface area contributed by atoms with Crippen molar-refractivity contribution >= 4 is 23.7 Å². The van der Waals surface area contributed by atoms with Crippen LogP contribution in [0.3, 0.4) is 0 Å². The first kappa shape index (κ1) is 11.8. The van der Waals surface area contributed by atoms with Crippen molar-refractivity contribution in [1.29, 1.82) is 0 Å². The molecule has 0 aliphatic carbocycles. The Morgan fingerprint density at radius 3 is 2.75 bits per heavy atom. The Morgan fingerprint density at radius 2 is 2.19 bits per heavy atom. The van der Waals surface area contributed by atoms with Crippen LogP contribution in [-0.4, -0.2) is 11.2 Å². The summed E-state index contributed by atoms with van der Waals surface area (Å²) in [5, 5.41) is 10.5. The zero-order valence-electron chi connectivity index (χ0n) is 8.22. The Bertz CT molecular complexity index is 458. The molecule has 0 aliphatic rings. The van der Waals surface area contributed by atoms with Gasteiger partial charge in [-0.3, -0.25) is 10.1 Å². The van der Waals surface area contributed by atoms with E-state index < -0.39 is 22.1 Å². The lowest BCUT2D eigenvalue weighted by molar-refractivity contribution is -0.384. The van der Waals surface area contributed by atoms with Gasteiger partial charge in [0.2, 0.25) is 0 Å². The van der Waals surface area contributed by atoms with E-state index in [1.807, 2.05) is 0 Å². The van der Waals surface area contributed by atoms with Gasteiger partial charge in [0.15, 0.2) is 5.82 Å². The first-order chi connectivity index (χ1) is 7.56. The van der Waals surface area contributed by atoms with Gasteiger partial charge in [-0.1, -0.05) is 12.2 Å². The number of hydrogen-bond acceptors (Lipinski definition) is 4. The number of anilines is 1. The lowest BCUT2D eigenvalue weighted by Gasteiger charge is -2.00. The fourth-order valence-electron chi connectivity index (χ4n) is 1.13. The van der Waals surface area contributed by atoms with Crippen LogP contribution < -0.4 is 5.73 Å². The van der Waals surface area contributed by atoms with Crippen LogP contribution in [0.2, 0.25) is 0 Å². The summed E-state index contributed by atoms with van der Waals surface area (Å²) in [6.07, 6.45) is 3.73. The number of nitro benzene ring substituents is 1. The number of hydrogen-bond donors (Lipinski definition) is 1. The normalized spacial score (nSPS) is 10.6. The van der Waals surface area contributed by atoms with Gasteiger partial charge in [0.25, 0.3) is 5.69 Å². The number of rotatable bonds is 4. The highest BCUT2D eigenvalue weighted by Crippen LogP contribution is 2.26. The number of nitrogen functional groups attached to an aromatic ring is 1. The summed E-state index contributed by atoms with van der Waals surface area (Å²) in [5.74, 6) is -0.847. The van der Waals surface area contributed by atoms with Crippen molar-refractivity contribution < 1.29 is 14.1 Å². The molecular formula is C10H9FN2O3. The standard InChI is InChI=1S/C10H9FN2O3/c11-8-5-7(3-1-2-4-14)6-9(10(8)12)13(15)16/h1,3-6H,2,12H2. The van der Waals surface area contributed by atoms with Crippen LogP contribution >= 0.6 is 0 Å². The van der Waals surface area contributed by atoms with E-state index in [1.54, 1.807) is 0 Å². The quantitative estimate of drug-likeness (QED) is 0.366. The van der Waals surface area contributed by atoms with Crippen molar-refractivity contribution in [2.75, 3.05) is 5.73 Å². The molecule has 16 heavy (non-hydrogen) atoms. The number of aldehydes is 1. The molecule has 0 unspecified atom stereocenters. The summed E-state index contributed by atoms with van der Waals surface area (Å²) in [6.45, 7) is 0. The number of carbonyl (C=O) groups excluding carboxylic acids is 1. The fraction of sp³-hybridized carbons (Fsp3) is 0.100. The van der Waals surface area contributed by atoms with Crippen molar-refractivity contribution in [3.05, 3.63) is 39.7 Å². The number of nitro groups is 1. The molecule has 0 aliphatic heterocycles. The van der Waals surface area contributed by atoms with Crippen LogP contribution in [0, 0.1) is 15.9 Å². The SMILES string of the molecule is Nc1c(F)cc(C=CCC=O)cc1[N+](=O)[O-]. The molecule has 0 bridgehead atoms. The van der Waals surface area contributed by atoms with E-state index in [0.717, 1.165) is 12.1 Å². The van der Waals surface area contributed by atoms with Gasteiger partial charge in [-0.25, -0.2) is 4.39 Å². The summed E-state index contributed by atoms with van der Waals surface area (Å²) in [5.41, 5.74) is 4.53. The van der Waals surface area contributed by atoms with E-state index in [-0.39, 0.29) is 6.42 Å². The van der Waals surface area contributed by atoms with Crippen molar-refractivity contribution in [2.24, 2.45) is 0 Å². The second-order valence-electron chi connectivity index (χ2n) is 3.00. The van der Waals surface area contributed by atoms with Crippen molar-refractivity contribution in [2.45, 2.75) is 6.42 Å². The predicted octanol–water partition coefficient (Wildman–Crippen LogP) is 1.92. The third kappa shape index (κ3) is 2.63. The minimum absolute atomic E-state index is 0.166. The average Bonchev–Trinajstić information content (AvgIpc) is 2.23. The van der Waals surface area contributed by atoms with E-state index in [1.165, 1.54) is 12.2 Å². The second-order valence-corrected chi connectivity index (χ2v) is 3.00. The molecule has 1 rings (SSSR count). The molecule has 0 saturated carbocycles. The van der Waals surface area contributed by atoms with Gasteiger partial charge < -0.3 is 10.5 Å². The Morgan fingerprint density at radius 1 is 1.50 bits per heavy atom. The molecule has 84 valence electrons. The average molecular weight is 224 g/mol.